The number of terminal acetylenes is 1. The van der Waals surface area contributed by atoms with Crippen LogP contribution >= 0.6 is 0 Å². The van der Waals surface area contributed by atoms with Gasteiger partial charge in [-0.25, -0.2) is 5.43 Å². The number of nitrogens with one attached hydrogen (secondary N) is 1. The van der Waals surface area contributed by atoms with Gasteiger partial charge >= 0.3 is 0 Å². The van der Waals surface area contributed by atoms with Gasteiger partial charge in [0.25, 0.3) is 0 Å². The summed E-state index contributed by atoms with van der Waals surface area (Å²) < 4.78 is 15.7. The summed E-state index contributed by atoms with van der Waals surface area (Å²) in [4.78, 5) is 0. The average Bonchev–Trinajstić information content (AvgIpc) is 2.39. The van der Waals surface area contributed by atoms with Crippen LogP contribution < -0.4 is 25.5 Å². The lowest BCUT2D eigenvalue weighted by Gasteiger charge is -2.18. The predicted molar refractivity (Wildman–Crippen MR) is 65.0 cm³/mol. The average molecular weight is 236 g/mol. The van der Waals surface area contributed by atoms with E-state index in [-0.39, 0.29) is 0 Å². The van der Waals surface area contributed by atoms with Gasteiger partial charge in [0.1, 0.15) is 6.04 Å². The highest BCUT2D eigenvalue weighted by molar-refractivity contribution is 5.57. The summed E-state index contributed by atoms with van der Waals surface area (Å²) in [7, 11) is 4.62. The topological polar surface area (TPSA) is 65.7 Å². The molecule has 0 saturated heterocycles. The molecule has 3 N–H and O–H groups in total. The van der Waals surface area contributed by atoms with Gasteiger partial charge in [-0.3, -0.25) is 5.84 Å². The SMILES string of the molecule is C#CC(NN)c1ccc(OC)c(OC)c1OC. The largest absolute Gasteiger partial charge is 0.493 e. The van der Waals surface area contributed by atoms with E-state index in [1.807, 2.05) is 0 Å². The molecule has 1 aromatic rings. The van der Waals surface area contributed by atoms with Gasteiger partial charge < -0.3 is 14.2 Å². The molecule has 0 aliphatic rings. The number of hydrogen-bond acceptors (Lipinski definition) is 5. The minimum Gasteiger partial charge on any atom is -0.493 e. The minimum atomic E-state index is -0.454. The van der Waals surface area contributed by atoms with Crippen molar-refractivity contribution < 1.29 is 14.2 Å². The van der Waals surface area contributed by atoms with Crippen molar-refractivity contribution in [1.82, 2.24) is 5.43 Å². The maximum absolute atomic E-state index is 5.38. The molecule has 0 spiro atoms. The Labute approximate surface area is 101 Å². The fourth-order valence-electron chi connectivity index (χ4n) is 1.58. The molecule has 0 amide bonds. The van der Waals surface area contributed by atoms with Gasteiger partial charge in [-0.05, 0) is 12.1 Å². The molecule has 0 heterocycles. The van der Waals surface area contributed by atoms with Crippen molar-refractivity contribution in [3.8, 4) is 29.6 Å². The van der Waals surface area contributed by atoms with E-state index in [1.54, 1.807) is 19.2 Å². The van der Waals surface area contributed by atoms with Crippen LogP contribution in [-0.4, -0.2) is 21.3 Å². The summed E-state index contributed by atoms with van der Waals surface area (Å²) in [6.45, 7) is 0. The molecule has 17 heavy (non-hydrogen) atoms. The molecule has 0 aliphatic carbocycles. The van der Waals surface area contributed by atoms with Crippen molar-refractivity contribution in [3.63, 3.8) is 0 Å². The fraction of sp³-hybridized carbons (Fsp3) is 0.333. The molecular weight excluding hydrogens is 220 g/mol. The lowest BCUT2D eigenvalue weighted by atomic mass is 10.1. The lowest BCUT2D eigenvalue weighted by molar-refractivity contribution is 0.321. The molecule has 1 atom stereocenters. The maximum Gasteiger partial charge on any atom is 0.203 e. The lowest BCUT2D eigenvalue weighted by Crippen LogP contribution is -2.27. The number of hydrogen-bond donors (Lipinski definition) is 2. The van der Waals surface area contributed by atoms with Crippen molar-refractivity contribution in [2.75, 3.05) is 21.3 Å². The van der Waals surface area contributed by atoms with Gasteiger partial charge in [-0.2, -0.15) is 0 Å². The Bertz CT molecular complexity index is 426. The Morgan fingerprint density at radius 3 is 2.24 bits per heavy atom. The Kier molecular flexibility index (Phi) is 4.64. The van der Waals surface area contributed by atoms with Crippen molar-refractivity contribution in [2.45, 2.75) is 6.04 Å². The molecule has 5 nitrogen and oxygen atoms in total. The number of methoxy groups -OCH3 is 3. The van der Waals surface area contributed by atoms with E-state index in [4.69, 9.17) is 26.5 Å². The molecule has 0 radical (unpaired) electrons. The highest BCUT2D eigenvalue weighted by Gasteiger charge is 2.20. The zero-order chi connectivity index (χ0) is 12.8. The van der Waals surface area contributed by atoms with E-state index >= 15 is 0 Å². The second kappa shape index (κ2) is 5.99. The zero-order valence-corrected chi connectivity index (χ0v) is 10.1. The third kappa shape index (κ3) is 2.44. The third-order valence-electron chi connectivity index (χ3n) is 2.38. The Balaban J connectivity index is 3.38. The van der Waals surface area contributed by atoms with Crippen LogP contribution in [0.3, 0.4) is 0 Å². The van der Waals surface area contributed by atoms with Crippen LogP contribution in [0.5, 0.6) is 17.2 Å². The predicted octanol–water partition coefficient (Wildman–Crippen LogP) is 0.850. The van der Waals surface area contributed by atoms with Crippen molar-refractivity contribution in [1.29, 1.82) is 0 Å². The van der Waals surface area contributed by atoms with Crippen LogP contribution in [0.4, 0.5) is 0 Å². The van der Waals surface area contributed by atoms with E-state index in [0.29, 0.717) is 17.2 Å². The smallest absolute Gasteiger partial charge is 0.203 e. The summed E-state index contributed by atoms with van der Waals surface area (Å²) in [5.41, 5.74) is 3.24. The number of benzene rings is 1. The number of rotatable bonds is 5. The van der Waals surface area contributed by atoms with Crippen LogP contribution in [0.15, 0.2) is 12.1 Å². The molecule has 92 valence electrons. The van der Waals surface area contributed by atoms with Gasteiger partial charge in [-0.1, -0.05) is 5.92 Å². The van der Waals surface area contributed by atoms with E-state index in [9.17, 15) is 0 Å². The number of nitrogens with two attached hydrogens (primary N) is 1. The fourth-order valence-corrected chi connectivity index (χ4v) is 1.58. The summed E-state index contributed by atoms with van der Waals surface area (Å²) in [6, 6.07) is 3.08. The van der Waals surface area contributed by atoms with Gasteiger partial charge in [0, 0.05) is 5.56 Å². The quantitative estimate of drug-likeness (QED) is 0.451. The first-order valence-electron chi connectivity index (χ1n) is 4.94. The van der Waals surface area contributed by atoms with Gasteiger partial charge in [0.05, 0.1) is 21.3 Å². The molecule has 1 aromatic carbocycles. The van der Waals surface area contributed by atoms with E-state index in [1.165, 1.54) is 14.2 Å². The van der Waals surface area contributed by atoms with Crippen molar-refractivity contribution in [2.24, 2.45) is 5.84 Å². The highest BCUT2D eigenvalue weighted by Crippen LogP contribution is 2.41. The molecule has 0 saturated carbocycles. The van der Waals surface area contributed by atoms with Crippen LogP contribution in [0.1, 0.15) is 11.6 Å². The minimum absolute atomic E-state index is 0.454. The summed E-state index contributed by atoms with van der Waals surface area (Å²) in [5, 5.41) is 0. The monoisotopic (exact) mass is 236 g/mol. The van der Waals surface area contributed by atoms with Crippen LogP contribution in [0, 0.1) is 12.3 Å². The molecule has 0 fully saturated rings. The molecular formula is C12H16N2O3. The van der Waals surface area contributed by atoms with Crippen LogP contribution in [0.2, 0.25) is 0 Å². The summed E-state index contributed by atoms with van der Waals surface area (Å²) in [5.74, 6) is 9.47. The second-order valence-corrected chi connectivity index (χ2v) is 3.19. The molecule has 0 aromatic heterocycles. The zero-order valence-electron chi connectivity index (χ0n) is 10.1. The first-order valence-corrected chi connectivity index (χ1v) is 4.94. The number of hydrazine groups is 1. The Morgan fingerprint density at radius 1 is 1.18 bits per heavy atom. The van der Waals surface area contributed by atoms with E-state index in [2.05, 4.69) is 11.3 Å². The molecule has 1 unspecified atom stereocenters. The Hall–Kier alpha value is -1.90. The highest BCUT2D eigenvalue weighted by atomic mass is 16.5. The van der Waals surface area contributed by atoms with Crippen molar-refractivity contribution in [3.05, 3.63) is 17.7 Å². The molecule has 0 aliphatic heterocycles. The van der Waals surface area contributed by atoms with Crippen LogP contribution in [-0.2, 0) is 0 Å². The van der Waals surface area contributed by atoms with Gasteiger partial charge in [-0.15, -0.1) is 6.42 Å². The summed E-state index contributed by atoms with van der Waals surface area (Å²) in [6.07, 6.45) is 5.38. The maximum atomic E-state index is 5.38. The first-order chi connectivity index (χ1) is 8.23. The van der Waals surface area contributed by atoms with E-state index < -0.39 is 6.04 Å². The standard InChI is InChI=1S/C12H16N2O3/c1-5-9(14-13)8-6-7-10(15-2)12(17-4)11(8)16-3/h1,6-7,9,14H,13H2,2-4H3. The van der Waals surface area contributed by atoms with Gasteiger partial charge in [0.15, 0.2) is 11.5 Å². The van der Waals surface area contributed by atoms with Crippen LogP contribution in [0.25, 0.3) is 0 Å². The van der Waals surface area contributed by atoms with Crippen molar-refractivity contribution >= 4 is 0 Å². The Morgan fingerprint density at radius 2 is 1.82 bits per heavy atom. The van der Waals surface area contributed by atoms with Gasteiger partial charge in [0.2, 0.25) is 5.75 Å². The molecule has 1 rings (SSSR count). The van der Waals surface area contributed by atoms with E-state index in [0.717, 1.165) is 5.56 Å². The third-order valence-corrected chi connectivity index (χ3v) is 2.38. The normalized spacial score (nSPS) is 11.5. The number of ether oxygens (including phenoxy) is 3. The molecule has 0 bridgehead atoms. The summed E-state index contributed by atoms with van der Waals surface area (Å²) >= 11 is 0. The second-order valence-electron chi connectivity index (χ2n) is 3.19. The molecule has 5 heteroatoms. The first kappa shape index (κ1) is 13.2.